The molecule has 0 bridgehead atoms. The van der Waals surface area contributed by atoms with Crippen molar-refractivity contribution in [3.05, 3.63) is 53.8 Å². The van der Waals surface area contributed by atoms with Crippen molar-refractivity contribution in [3.8, 4) is 11.1 Å². The first-order chi connectivity index (χ1) is 8.39. The summed E-state index contributed by atoms with van der Waals surface area (Å²) in [7, 11) is -3.55. The highest BCUT2D eigenvalue weighted by Crippen LogP contribution is 2.26. The maximum absolute atomic E-state index is 13.5. The third kappa shape index (κ3) is 2.43. The molecule has 0 aliphatic rings. The highest BCUT2D eigenvalue weighted by atomic mass is 32.2. The van der Waals surface area contributed by atoms with Gasteiger partial charge >= 0.3 is 0 Å². The van der Waals surface area contributed by atoms with E-state index < -0.39 is 15.7 Å². The van der Waals surface area contributed by atoms with Crippen LogP contribution >= 0.6 is 0 Å². The minimum Gasteiger partial charge on any atom is -0.224 e. The molecule has 2 rings (SSSR count). The van der Waals surface area contributed by atoms with Gasteiger partial charge in [0.2, 0.25) is 0 Å². The minimum atomic E-state index is -3.55. The van der Waals surface area contributed by atoms with E-state index in [1.807, 2.05) is 31.2 Å². The van der Waals surface area contributed by atoms with Crippen molar-refractivity contribution in [3.63, 3.8) is 0 Å². The van der Waals surface area contributed by atoms with Gasteiger partial charge in [-0.25, -0.2) is 12.8 Å². The Kier molecular flexibility index (Phi) is 3.22. The van der Waals surface area contributed by atoms with Gasteiger partial charge < -0.3 is 0 Å². The Morgan fingerprint density at radius 2 is 1.72 bits per heavy atom. The molecular weight excluding hydrogens is 251 g/mol. The van der Waals surface area contributed by atoms with Gasteiger partial charge in [-0.3, -0.25) is 0 Å². The molecule has 4 heteroatoms. The van der Waals surface area contributed by atoms with E-state index in [1.165, 1.54) is 12.1 Å². The van der Waals surface area contributed by atoms with Gasteiger partial charge in [0.15, 0.2) is 9.84 Å². The van der Waals surface area contributed by atoms with Crippen LogP contribution in [0.4, 0.5) is 4.39 Å². The molecular formula is C14H13FO2S. The van der Waals surface area contributed by atoms with E-state index in [0.717, 1.165) is 17.4 Å². The second-order valence-corrected chi connectivity index (χ2v) is 6.22. The Morgan fingerprint density at radius 1 is 1.06 bits per heavy atom. The van der Waals surface area contributed by atoms with Crippen molar-refractivity contribution in [2.45, 2.75) is 11.8 Å². The second kappa shape index (κ2) is 4.53. The topological polar surface area (TPSA) is 34.1 Å². The van der Waals surface area contributed by atoms with E-state index in [0.29, 0.717) is 5.56 Å². The molecule has 2 nitrogen and oxygen atoms in total. The summed E-state index contributed by atoms with van der Waals surface area (Å²) < 4.78 is 36.5. The molecule has 0 unspecified atom stereocenters. The van der Waals surface area contributed by atoms with Crippen LogP contribution in [0.15, 0.2) is 47.4 Å². The molecule has 0 radical (unpaired) electrons. The van der Waals surface area contributed by atoms with Crippen LogP contribution < -0.4 is 0 Å². The van der Waals surface area contributed by atoms with Crippen LogP contribution in [0.5, 0.6) is 0 Å². The third-order valence-corrected chi connectivity index (χ3v) is 3.90. The predicted octanol–water partition coefficient (Wildman–Crippen LogP) is 3.20. The second-order valence-electron chi connectivity index (χ2n) is 4.23. The molecule has 0 aliphatic carbocycles. The Hall–Kier alpha value is -1.68. The molecule has 94 valence electrons. The van der Waals surface area contributed by atoms with Crippen molar-refractivity contribution in [1.82, 2.24) is 0 Å². The number of rotatable bonds is 2. The van der Waals surface area contributed by atoms with Gasteiger partial charge in [0, 0.05) is 6.26 Å². The monoisotopic (exact) mass is 264 g/mol. The third-order valence-electron chi connectivity index (χ3n) is 2.79. The summed E-state index contributed by atoms with van der Waals surface area (Å²) in [5, 5.41) is 0. The normalized spacial score (nSPS) is 11.5. The van der Waals surface area contributed by atoms with E-state index in [2.05, 4.69) is 0 Å². The molecule has 0 aromatic heterocycles. The molecule has 0 N–H and O–H groups in total. The Morgan fingerprint density at radius 3 is 2.33 bits per heavy atom. The van der Waals surface area contributed by atoms with Gasteiger partial charge in [-0.15, -0.1) is 0 Å². The number of aryl methyl sites for hydroxylation is 1. The molecule has 0 atom stereocenters. The molecule has 18 heavy (non-hydrogen) atoms. The molecule has 0 amide bonds. The minimum absolute atomic E-state index is 0.261. The number of hydrogen-bond acceptors (Lipinski definition) is 2. The van der Waals surface area contributed by atoms with Gasteiger partial charge in [-0.1, -0.05) is 30.3 Å². The fourth-order valence-electron chi connectivity index (χ4n) is 1.85. The number of benzene rings is 2. The van der Waals surface area contributed by atoms with Crippen LogP contribution in [0.1, 0.15) is 5.56 Å². The molecule has 2 aromatic rings. The summed E-state index contributed by atoms with van der Waals surface area (Å²) in [6, 6.07) is 11.7. The lowest BCUT2D eigenvalue weighted by atomic mass is 10.0. The van der Waals surface area contributed by atoms with Crippen LogP contribution in [0.3, 0.4) is 0 Å². The molecule has 0 spiro atoms. The zero-order chi connectivity index (χ0) is 13.3. The molecule has 0 saturated heterocycles. The summed E-state index contributed by atoms with van der Waals surface area (Å²) in [6.45, 7) is 1.93. The van der Waals surface area contributed by atoms with E-state index in [-0.39, 0.29) is 4.90 Å². The van der Waals surface area contributed by atoms with Crippen molar-refractivity contribution in [1.29, 1.82) is 0 Å². The largest absolute Gasteiger partial charge is 0.224 e. The first-order valence-electron chi connectivity index (χ1n) is 5.45. The molecule has 2 aromatic carbocycles. The average molecular weight is 264 g/mol. The SMILES string of the molecule is Cc1ccccc1-c1ccc(F)c(S(C)(=O)=O)c1. The molecule has 0 heterocycles. The maximum Gasteiger partial charge on any atom is 0.178 e. The highest BCUT2D eigenvalue weighted by Gasteiger charge is 2.15. The van der Waals surface area contributed by atoms with Gasteiger partial charge in [-0.05, 0) is 35.7 Å². The quantitative estimate of drug-likeness (QED) is 0.834. The zero-order valence-electron chi connectivity index (χ0n) is 10.1. The maximum atomic E-state index is 13.5. The van der Waals surface area contributed by atoms with Crippen LogP contribution in [0, 0.1) is 12.7 Å². The van der Waals surface area contributed by atoms with E-state index in [9.17, 15) is 12.8 Å². The van der Waals surface area contributed by atoms with Crippen LogP contribution in [0.2, 0.25) is 0 Å². The van der Waals surface area contributed by atoms with Gasteiger partial charge in [-0.2, -0.15) is 0 Å². The molecule has 0 saturated carbocycles. The summed E-state index contributed by atoms with van der Waals surface area (Å²) in [4.78, 5) is -0.261. The van der Waals surface area contributed by atoms with Gasteiger partial charge in [0.05, 0.1) is 0 Å². The van der Waals surface area contributed by atoms with Gasteiger partial charge in [0.25, 0.3) is 0 Å². The summed E-state index contributed by atoms with van der Waals surface area (Å²) in [5.41, 5.74) is 2.63. The Labute approximate surface area is 106 Å². The van der Waals surface area contributed by atoms with E-state index in [1.54, 1.807) is 6.07 Å². The first-order valence-corrected chi connectivity index (χ1v) is 7.34. The summed E-state index contributed by atoms with van der Waals surface area (Å²) in [6.07, 6.45) is 1.01. The Bertz CT molecular complexity index is 691. The lowest BCUT2D eigenvalue weighted by Crippen LogP contribution is -2.01. The van der Waals surface area contributed by atoms with Crippen LogP contribution in [0.25, 0.3) is 11.1 Å². The average Bonchev–Trinajstić information content (AvgIpc) is 2.29. The van der Waals surface area contributed by atoms with Gasteiger partial charge in [0.1, 0.15) is 10.7 Å². The smallest absolute Gasteiger partial charge is 0.178 e. The predicted molar refractivity (Wildman–Crippen MR) is 69.7 cm³/mol. The fraction of sp³-hybridized carbons (Fsp3) is 0.143. The number of halogens is 1. The first kappa shape index (κ1) is 12.8. The lowest BCUT2D eigenvalue weighted by Gasteiger charge is -2.08. The van der Waals surface area contributed by atoms with E-state index >= 15 is 0 Å². The Balaban J connectivity index is 2.66. The number of sulfone groups is 1. The van der Waals surface area contributed by atoms with Crippen LogP contribution in [-0.2, 0) is 9.84 Å². The highest BCUT2D eigenvalue weighted by molar-refractivity contribution is 7.90. The fourth-order valence-corrected chi connectivity index (χ4v) is 2.62. The molecule has 0 aliphatic heterocycles. The summed E-state index contributed by atoms with van der Waals surface area (Å²) >= 11 is 0. The van der Waals surface area contributed by atoms with E-state index in [4.69, 9.17) is 0 Å². The van der Waals surface area contributed by atoms with Crippen molar-refractivity contribution in [2.75, 3.05) is 6.26 Å². The lowest BCUT2D eigenvalue weighted by molar-refractivity contribution is 0.571. The standard InChI is InChI=1S/C14H13FO2S/c1-10-5-3-4-6-12(10)11-7-8-13(15)14(9-11)18(2,16)17/h3-9H,1-2H3. The van der Waals surface area contributed by atoms with Crippen LogP contribution in [-0.4, -0.2) is 14.7 Å². The summed E-state index contributed by atoms with van der Waals surface area (Å²) in [5.74, 6) is -0.713. The van der Waals surface area contributed by atoms with Crippen molar-refractivity contribution in [2.24, 2.45) is 0 Å². The van der Waals surface area contributed by atoms with Crippen molar-refractivity contribution >= 4 is 9.84 Å². The number of hydrogen-bond donors (Lipinski definition) is 0. The zero-order valence-corrected chi connectivity index (χ0v) is 11.0. The van der Waals surface area contributed by atoms with Crippen molar-refractivity contribution < 1.29 is 12.8 Å². The molecule has 0 fully saturated rings.